The fourth-order valence-corrected chi connectivity index (χ4v) is 2.51. The van der Waals surface area contributed by atoms with Crippen molar-refractivity contribution in [3.05, 3.63) is 77.2 Å². The highest BCUT2D eigenvalue weighted by atomic mass is 16.5. The van der Waals surface area contributed by atoms with Gasteiger partial charge in [0.1, 0.15) is 5.82 Å². The van der Waals surface area contributed by atoms with Crippen molar-refractivity contribution in [2.24, 2.45) is 11.5 Å². The summed E-state index contributed by atoms with van der Waals surface area (Å²) in [4.78, 5) is 14.3. The highest BCUT2D eigenvalue weighted by Gasteiger charge is 2.08. The summed E-state index contributed by atoms with van der Waals surface area (Å²) in [7, 11) is 1.43. The number of amides is 1. The van der Waals surface area contributed by atoms with Gasteiger partial charge < -0.3 is 21.5 Å². The number of carbonyl (C=O) groups excluding carboxylic acids is 1. The number of benzene rings is 1. The number of methoxy groups -OCH3 is 1. The molecule has 2 heterocycles. The molecule has 0 radical (unpaired) electrons. The molecule has 8 nitrogen and oxygen atoms in total. The van der Waals surface area contributed by atoms with Crippen LogP contribution in [0.15, 0.2) is 60.3 Å². The maximum Gasteiger partial charge on any atom is 0.212 e. The Hall–Kier alpha value is -3.81. The van der Waals surface area contributed by atoms with Crippen molar-refractivity contribution >= 4 is 12.1 Å². The molecule has 3 aromatic rings. The predicted octanol–water partition coefficient (Wildman–Crippen LogP) is 2.30. The molecule has 0 saturated carbocycles. The van der Waals surface area contributed by atoms with Gasteiger partial charge in [-0.25, -0.2) is 9.50 Å². The molecular weight excluding hydrogens is 368 g/mol. The van der Waals surface area contributed by atoms with Crippen molar-refractivity contribution in [3.63, 3.8) is 0 Å². The molecule has 0 fully saturated rings. The van der Waals surface area contributed by atoms with E-state index in [2.05, 4.69) is 39.2 Å². The average Bonchev–Trinajstić information content (AvgIpc) is 3.00. The topological polar surface area (TPSA) is 121 Å². The smallest absolute Gasteiger partial charge is 0.212 e. The maximum atomic E-state index is 9.81. The molecule has 8 heteroatoms. The zero-order valence-corrected chi connectivity index (χ0v) is 17.0. The number of aryl methyl sites for hydroxylation is 3. The summed E-state index contributed by atoms with van der Waals surface area (Å²) in [6.45, 7) is 6.16. The number of allylic oxidation sites excluding steroid dienone is 2. The van der Waals surface area contributed by atoms with E-state index in [9.17, 15) is 4.79 Å². The minimum atomic E-state index is 0.208. The number of rotatable bonds is 5. The van der Waals surface area contributed by atoms with Crippen molar-refractivity contribution in [2.45, 2.75) is 20.8 Å². The van der Waals surface area contributed by atoms with Crippen LogP contribution in [-0.4, -0.2) is 28.1 Å². The first-order valence-corrected chi connectivity index (χ1v) is 8.93. The summed E-state index contributed by atoms with van der Waals surface area (Å²) >= 11 is 0. The van der Waals surface area contributed by atoms with E-state index in [0.717, 1.165) is 22.7 Å². The molecule has 0 aliphatic carbocycles. The first kappa shape index (κ1) is 21.5. The number of hydrogen-bond acceptors (Lipinski definition) is 6. The van der Waals surface area contributed by atoms with Gasteiger partial charge >= 0.3 is 0 Å². The summed E-state index contributed by atoms with van der Waals surface area (Å²) in [6, 6.07) is 12.3. The Kier molecular flexibility index (Phi) is 7.36. The van der Waals surface area contributed by atoms with Gasteiger partial charge in [0, 0.05) is 11.6 Å². The van der Waals surface area contributed by atoms with Crippen LogP contribution in [0.3, 0.4) is 0 Å². The Morgan fingerprint density at radius 3 is 2.48 bits per heavy atom. The van der Waals surface area contributed by atoms with Crippen LogP contribution < -0.4 is 16.8 Å². The lowest BCUT2D eigenvalue weighted by Crippen LogP contribution is -2.17. The third-order valence-electron chi connectivity index (χ3n) is 4.25. The van der Waals surface area contributed by atoms with Gasteiger partial charge in [-0.05, 0) is 44.5 Å². The molecule has 2 aromatic heterocycles. The van der Waals surface area contributed by atoms with Crippen LogP contribution in [0.1, 0.15) is 17.0 Å². The largest absolute Gasteiger partial charge is 0.483 e. The Morgan fingerprint density at radius 2 is 1.83 bits per heavy atom. The first-order valence-electron chi connectivity index (χ1n) is 8.93. The van der Waals surface area contributed by atoms with Gasteiger partial charge in [-0.3, -0.25) is 4.79 Å². The molecule has 29 heavy (non-hydrogen) atoms. The summed E-state index contributed by atoms with van der Waals surface area (Å²) < 4.78 is 6.52. The number of nitrogens with one attached hydrogen (secondary N) is 1. The number of ether oxygens (including phenoxy) is 1. The molecule has 0 bridgehead atoms. The van der Waals surface area contributed by atoms with Crippen LogP contribution in [0, 0.1) is 20.8 Å². The summed E-state index contributed by atoms with van der Waals surface area (Å²) in [5.74, 6) is 0.431. The van der Waals surface area contributed by atoms with E-state index in [4.69, 9.17) is 11.5 Å². The molecule has 1 amide bonds. The molecule has 1 aromatic carbocycles. The number of imidazole rings is 1. The number of aromatic nitrogens is 3. The van der Waals surface area contributed by atoms with E-state index in [1.54, 1.807) is 0 Å². The number of fused-ring (bicyclic) bond motifs is 1. The fraction of sp³-hybridized carbons (Fsp3) is 0.190. The molecule has 0 aliphatic heterocycles. The molecule has 0 unspecified atom stereocenters. The summed E-state index contributed by atoms with van der Waals surface area (Å²) in [5, 5.41) is 6.91. The van der Waals surface area contributed by atoms with Gasteiger partial charge in [-0.2, -0.15) is 5.10 Å². The van der Waals surface area contributed by atoms with E-state index < -0.39 is 0 Å². The second-order valence-corrected chi connectivity index (χ2v) is 6.24. The van der Waals surface area contributed by atoms with Gasteiger partial charge in [0.05, 0.1) is 24.2 Å². The molecule has 0 aliphatic rings. The number of nitrogens with zero attached hydrogens (tertiary/aromatic N) is 3. The zero-order valence-electron chi connectivity index (χ0n) is 17.0. The maximum absolute atomic E-state index is 9.81. The van der Waals surface area contributed by atoms with Crippen LogP contribution in [0.2, 0.25) is 0 Å². The second-order valence-electron chi connectivity index (χ2n) is 6.24. The normalized spacial score (nSPS) is 11.6. The van der Waals surface area contributed by atoms with Gasteiger partial charge in [-0.15, -0.1) is 0 Å². The molecule has 0 saturated heterocycles. The van der Waals surface area contributed by atoms with Crippen LogP contribution >= 0.6 is 0 Å². The summed E-state index contributed by atoms with van der Waals surface area (Å²) in [5.41, 5.74) is 16.9. The Labute approximate surface area is 169 Å². The van der Waals surface area contributed by atoms with E-state index >= 15 is 0 Å². The van der Waals surface area contributed by atoms with E-state index in [1.807, 2.05) is 42.6 Å². The quantitative estimate of drug-likeness (QED) is 0.347. The summed E-state index contributed by atoms with van der Waals surface area (Å²) in [6.07, 6.45) is 3.34. The molecular formula is C21H26N6O2. The Bertz CT molecular complexity index is 1050. The van der Waals surface area contributed by atoms with Crippen LogP contribution in [0.25, 0.3) is 16.9 Å². The standard InChI is InChI=1S/C15H15N3.C6H11N3O2/c1-10-6-4-5-7-13(10)14-8-9-15-16-11(2)12(3)18(15)17-14;1-11-6(8)3-2-5(7)9-4-10/h4-9H,1-3H3;2-4H,7-8H2,1H3,(H,9,10)/b;5-2+,6-3+. The third kappa shape index (κ3) is 5.58. The molecule has 0 atom stereocenters. The highest BCUT2D eigenvalue weighted by Crippen LogP contribution is 2.21. The molecule has 152 valence electrons. The average molecular weight is 394 g/mol. The lowest BCUT2D eigenvalue weighted by molar-refractivity contribution is -0.108. The third-order valence-corrected chi connectivity index (χ3v) is 4.25. The molecule has 3 rings (SSSR count). The minimum absolute atomic E-state index is 0.208. The fourth-order valence-electron chi connectivity index (χ4n) is 2.51. The van der Waals surface area contributed by atoms with Crippen molar-refractivity contribution in [2.75, 3.05) is 7.11 Å². The van der Waals surface area contributed by atoms with Crippen LogP contribution in [-0.2, 0) is 9.53 Å². The van der Waals surface area contributed by atoms with Crippen LogP contribution in [0.5, 0.6) is 0 Å². The van der Waals surface area contributed by atoms with Crippen molar-refractivity contribution in [3.8, 4) is 11.3 Å². The van der Waals surface area contributed by atoms with Crippen molar-refractivity contribution in [1.82, 2.24) is 19.9 Å². The number of carbonyl (C=O) groups is 1. The zero-order chi connectivity index (χ0) is 21.4. The Morgan fingerprint density at radius 1 is 1.10 bits per heavy atom. The molecule has 0 spiro atoms. The number of hydrogen-bond donors (Lipinski definition) is 3. The first-order chi connectivity index (χ1) is 13.9. The monoisotopic (exact) mass is 394 g/mol. The SMILES string of the molecule is CO/C(N)=C/C=C(\N)NC=O.Cc1ccccc1-c1ccc2nc(C)c(C)n2n1. The van der Waals surface area contributed by atoms with Gasteiger partial charge in [0.25, 0.3) is 0 Å². The van der Waals surface area contributed by atoms with E-state index in [1.165, 1.54) is 30.4 Å². The van der Waals surface area contributed by atoms with Gasteiger partial charge in [0.15, 0.2) is 11.5 Å². The Balaban J connectivity index is 0.000000237. The van der Waals surface area contributed by atoms with Crippen molar-refractivity contribution < 1.29 is 9.53 Å². The number of nitrogens with two attached hydrogens (primary N) is 2. The lowest BCUT2D eigenvalue weighted by atomic mass is 10.1. The van der Waals surface area contributed by atoms with E-state index in [0.29, 0.717) is 6.41 Å². The second kappa shape index (κ2) is 9.93. The highest BCUT2D eigenvalue weighted by molar-refractivity contribution is 5.64. The molecule has 5 N–H and O–H groups in total. The van der Waals surface area contributed by atoms with Gasteiger partial charge in [0.2, 0.25) is 6.41 Å². The van der Waals surface area contributed by atoms with Crippen molar-refractivity contribution in [1.29, 1.82) is 0 Å². The minimum Gasteiger partial charge on any atom is -0.483 e. The van der Waals surface area contributed by atoms with E-state index in [-0.39, 0.29) is 11.7 Å². The lowest BCUT2D eigenvalue weighted by Gasteiger charge is -2.05. The van der Waals surface area contributed by atoms with Gasteiger partial charge in [-0.1, -0.05) is 24.3 Å². The predicted molar refractivity (Wildman–Crippen MR) is 113 cm³/mol. The van der Waals surface area contributed by atoms with Crippen LogP contribution in [0.4, 0.5) is 0 Å².